The third kappa shape index (κ3) is 9.34. The number of rotatable bonds is 12. The Morgan fingerprint density at radius 3 is 1.86 bits per heavy atom. The fourth-order valence-corrected chi connectivity index (χ4v) is 15.9. The van der Waals surface area contributed by atoms with E-state index in [4.69, 9.17) is 37.9 Å². The highest BCUT2D eigenvalue weighted by Crippen LogP contribution is 2.74. The van der Waals surface area contributed by atoms with Crippen molar-refractivity contribution in [3.63, 3.8) is 0 Å². The number of aliphatic hydroxyl groups is 14. The van der Waals surface area contributed by atoms with Gasteiger partial charge < -0.3 is 109 Å². The van der Waals surface area contributed by atoms with Crippen LogP contribution in [-0.2, 0) is 37.9 Å². The van der Waals surface area contributed by atoms with Gasteiger partial charge in [0, 0.05) is 10.8 Å². The van der Waals surface area contributed by atoms with Gasteiger partial charge in [0.05, 0.1) is 44.7 Å². The van der Waals surface area contributed by atoms with E-state index in [1.807, 2.05) is 6.92 Å². The molecule has 22 heteroatoms. The van der Waals surface area contributed by atoms with E-state index >= 15 is 0 Å². The molecule has 0 aromatic carbocycles. The molecule has 7 fully saturated rings. The van der Waals surface area contributed by atoms with E-state index in [1.165, 1.54) is 25.0 Å². The maximum atomic E-state index is 12.0. The van der Waals surface area contributed by atoms with Gasteiger partial charge in [0.25, 0.3) is 0 Å². The first-order valence-electron chi connectivity index (χ1n) is 27.5. The van der Waals surface area contributed by atoms with Crippen LogP contribution < -0.4 is 0 Å². The standard InChI is InChI=1S/C54H88O22/c1-24-33(59)36(62)39(65)45(69-24)74-42-34(60)25(2)70-47(43(42)76-54(68)44(67)38(64)35(61)28(20-55)75-54)73-41-29(21-56)71-46(40(66)37(41)63)72-32-12-13-49(5)30(50(32,6)22-57)11-14-52(8)31(49)10-9-26-27-19-48(3,4)15-17-53(27,23-58)18-16-51(26,52)7/h9-10,24-25,28-47,55-68H,11-23H2,1-8H3. The Labute approximate surface area is 444 Å². The number of allylic oxidation sites excluding steroid dienone is 3. The van der Waals surface area contributed by atoms with Crippen molar-refractivity contribution in [2.45, 2.75) is 242 Å². The second-order valence-corrected chi connectivity index (χ2v) is 26.0. The van der Waals surface area contributed by atoms with Crippen LogP contribution in [0.4, 0.5) is 0 Å². The summed E-state index contributed by atoms with van der Waals surface area (Å²) in [6.07, 6.45) is -22.4. The summed E-state index contributed by atoms with van der Waals surface area (Å²) in [6.45, 7) is 14.6. The van der Waals surface area contributed by atoms with Crippen LogP contribution in [0.15, 0.2) is 23.3 Å². The molecular weight excluding hydrogens is 1000 g/mol. The molecule has 5 aliphatic carbocycles. The van der Waals surface area contributed by atoms with Crippen molar-refractivity contribution in [3.05, 3.63) is 23.3 Å². The molecule has 28 atom stereocenters. The monoisotopic (exact) mass is 1090 g/mol. The van der Waals surface area contributed by atoms with Gasteiger partial charge in [0.15, 0.2) is 25.0 Å². The summed E-state index contributed by atoms with van der Waals surface area (Å²) in [5.41, 5.74) is 1.32. The zero-order valence-corrected chi connectivity index (χ0v) is 45.1. The van der Waals surface area contributed by atoms with Gasteiger partial charge in [-0.25, -0.2) is 0 Å². The van der Waals surface area contributed by atoms with Crippen LogP contribution in [0.5, 0.6) is 0 Å². The molecule has 3 saturated carbocycles. The molecule has 0 radical (unpaired) electrons. The second kappa shape index (κ2) is 21.1. The average molecular weight is 1090 g/mol. The molecule has 0 bridgehead atoms. The Morgan fingerprint density at radius 1 is 0.579 bits per heavy atom. The lowest BCUT2D eigenvalue weighted by Crippen LogP contribution is -2.71. The second-order valence-electron chi connectivity index (χ2n) is 26.0. The van der Waals surface area contributed by atoms with Gasteiger partial charge in [-0.2, -0.15) is 0 Å². The van der Waals surface area contributed by atoms with E-state index in [2.05, 4.69) is 46.8 Å². The van der Waals surface area contributed by atoms with E-state index < -0.39 is 147 Å². The fraction of sp³-hybridized carbons (Fsp3) is 0.926. The maximum Gasteiger partial charge on any atom is 0.311 e. The molecule has 14 N–H and O–H groups in total. The number of fused-ring (bicyclic) bond motifs is 6. The third-order valence-corrected chi connectivity index (χ3v) is 21.1. The molecule has 4 saturated heterocycles. The fourth-order valence-electron chi connectivity index (χ4n) is 15.9. The van der Waals surface area contributed by atoms with Crippen LogP contribution >= 0.6 is 0 Å². The summed E-state index contributed by atoms with van der Waals surface area (Å²) in [5.74, 6) is -3.26. The maximum absolute atomic E-state index is 12.0. The van der Waals surface area contributed by atoms with E-state index in [1.54, 1.807) is 0 Å². The van der Waals surface area contributed by atoms with Crippen molar-refractivity contribution in [2.75, 3.05) is 26.4 Å². The summed E-state index contributed by atoms with van der Waals surface area (Å²) >= 11 is 0. The van der Waals surface area contributed by atoms with Crippen molar-refractivity contribution in [1.29, 1.82) is 0 Å². The molecule has 436 valence electrons. The smallest absolute Gasteiger partial charge is 0.311 e. The Kier molecular flexibility index (Phi) is 16.4. The summed E-state index contributed by atoms with van der Waals surface area (Å²) in [4.78, 5) is 0. The summed E-state index contributed by atoms with van der Waals surface area (Å²) in [5, 5.41) is 155. The van der Waals surface area contributed by atoms with Crippen molar-refractivity contribution in [3.8, 4) is 0 Å². The van der Waals surface area contributed by atoms with Crippen LogP contribution in [-0.4, -0.2) is 227 Å². The minimum absolute atomic E-state index is 0.0588. The average Bonchev–Trinajstić information content (AvgIpc) is 3.40. The minimum atomic E-state index is -3.34. The Morgan fingerprint density at radius 2 is 1.20 bits per heavy atom. The lowest BCUT2D eigenvalue weighted by atomic mass is 9.35. The molecule has 4 aliphatic heterocycles. The first-order chi connectivity index (χ1) is 35.5. The number of hydrogen-bond donors (Lipinski definition) is 14. The molecule has 9 aliphatic rings. The van der Waals surface area contributed by atoms with Crippen molar-refractivity contribution < 1.29 is 109 Å². The number of aliphatic hydroxyl groups excluding tert-OH is 13. The molecular formula is C54H88O22. The highest BCUT2D eigenvalue weighted by atomic mass is 16.9. The molecule has 9 rings (SSSR count). The van der Waals surface area contributed by atoms with E-state index in [9.17, 15) is 71.5 Å². The predicted molar refractivity (Wildman–Crippen MR) is 262 cm³/mol. The van der Waals surface area contributed by atoms with Crippen LogP contribution in [0, 0.1) is 44.3 Å². The highest BCUT2D eigenvalue weighted by Gasteiger charge is 2.69. The van der Waals surface area contributed by atoms with Crippen molar-refractivity contribution >= 4 is 0 Å². The van der Waals surface area contributed by atoms with Crippen LogP contribution in [0.25, 0.3) is 0 Å². The van der Waals surface area contributed by atoms with E-state index in [0.717, 1.165) is 44.9 Å². The molecule has 0 amide bonds. The van der Waals surface area contributed by atoms with Gasteiger partial charge in [-0.05, 0) is 111 Å². The van der Waals surface area contributed by atoms with Gasteiger partial charge in [0.2, 0.25) is 0 Å². The molecule has 76 heavy (non-hydrogen) atoms. The first-order valence-corrected chi connectivity index (χ1v) is 27.5. The zero-order chi connectivity index (χ0) is 55.6. The van der Waals surface area contributed by atoms with Crippen LogP contribution in [0.2, 0.25) is 0 Å². The normalized spacial score (nSPS) is 55.3. The predicted octanol–water partition coefficient (Wildman–Crippen LogP) is -1.29. The van der Waals surface area contributed by atoms with Gasteiger partial charge in [-0.1, -0.05) is 59.3 Å². The topological polar surface area (TPSA) is 357 Å². The zero-order valence-electron chi connectivity index (χ0n) is 45.1. The van der Waals surface area contributed by atoms with Gasteiger partial charge in [-0.3, -0.25) is 0 Å². The molecule has 0 spiro atoms. The van der Waals surface area contributed by atoms with Gasteiger partial charge in [0.1, 0.15) is 79.4 Å². The largest absolute Gasteiger partial charge is 0.396 e. The molecule has 0 aromatic heterocycles. The molecule has 4 heterocycles. The molecule has 28 unspecified atom stereocenters. The SMILES string of the molecule is CC1OC(OC2C(O)C(C)OC(OC3C(CO)OC(OC4CCC5(C)C(CCC6(C)C5C=CC5=C7CC(C)(C)CCC7(CO)CCC56C)C4(C)CO)C(O)C3O)C2OC2(O)OC(CO)C(O)C(O)C2O)C(O)C(O)C1O. The van der Waals surface area contributed by atoms with E-state index in [-0.39, 0.29) is 52.1 Å². The highest BCUT2D eigenvalue weighted by molar-refractivity contribution is 5.46. The molecule has 0 aromatic rings. The summed E-state index contributed by atoms with van der Waals surface area (Å²) in [7, 11) is 0. The Balaban J connectivity index is 0.960. The third-order valence-electron chi connectivity index (χ3n) is 21.1. The van der Waals surface area contributed by atoms with Crippen molar-refractivity contribution in [2.24, 2.45) is 44.3 Å². The Bertz CT molecular complexity index is 2130. The minimum Gasteiger partial charge on any atom is -0.396 e. The lowest BCUT2D eigenvalue weighted by molar-refractivity contribution is -0.485. The number of ether oxygens (including phenoxy) is 8. The summed E-state index contributed by atoms with van der Waals surface area (Å²) in [6, 6.07) is 0. The first kappa shape index (κ1) is 59.2. The van der Waals surface area contributed by atoms with Crippen LogP contribution in [0.1, 0.15) is 113 Å². The van der Waals surface area contributed by atoms with Crippen LogP contribution in [0.3, 0.4) is 0 Å². The lowest BCUT2D eigenvalue weighted by Gasteiger charge is -2.70. The number of hydrogen-bond acceptors (Lipinski definition) is 22. The van der Waals surface area contributed by atoms with Crippen molar-refractivity contribution in [1.82, 2.24) is 0 Å². The molecule has 22 nitrogen and oxygen atoms in total. The Hall–Kier alpha value is -1.40. The van der Waals surface area contributed by atoms with Gasteiger partial charge >= 0.3 is 5.97 Å². The van der Waals surface area contributed by atoms with Gasteiger partial charge in [-0.15, -0.1) is 0 Å². The van der Waals surface area contributed by atoms with E-state index in [0.29, 0.717) is 12.8 Å². The quantitative estimate of drug-likeness (QED) is 0.0798. The summed E-state index contributed by atoms with van der Waals surface area (Å²) < 4.78 is 48.1.